The van der Waals surface area contributed by atoms with Gasteiger partial charge in [0.1, 0.15) is 22.5 Å². The van der Waals surface area contributed by atoms with Crippen molar-refractivity contribution in [3.05, 3.63) is 64.7 Å². The first-order valence-corrected chi connectivity index (χ1v) is 11.4. The third kappa shape index (κ3) is 4.09. The molecule has 158 valence electrons. The lowest BCUT2D eigenvalue weighted by atomic mass is 9.94. The molecule has 0 saturated heterocycles. The molecule has 2 aromatic carbocycles. The minimum Gasteiger partial charge on any atom is -0.456 e. The van der Waals surface area contributed by atoms with Crippen LogP contribution in [-0.4, -0.2) is 20.6 Å². The zero-order valence-corrected chi connectivity index (χ0v) is 17.3. The van der Waals surface area contributed by atoms with Gasteiger partial charge < -0.3 is 9.47 Å². The van der Waals surface area contributed by atoms with Crippen molar-refractivity contribution in [1.29, 1.82) is 0 Å². The second kappa shape index (κ2) is 7.50. The molecule has 8 heteroatoms. The molecule has 0 spiro atoms. The van der Waals surface area contributed by atoms with Crippen molar-refractivity contribution >= 4 is 15.8 Å². The summed E-state index contributed by atoms with van der Waals surface area (Å²) in [4.78, 5) is 11.6. The molecule has 1 aliphatic heterocycles. The first-order valence-electron chi connectivity index (χ1n) is 9.51. The van der Waals surface area contributed by atoms with Crippen molar-refractivity contribution < 1.29 is 31.5 Å². The van der Waals surface area contributed by atoms with Gasteiger partial charge in [-0.3, -0.25) is 0 Å². The number of hydrogen-bond acceptors (Lipinski definition) is 5. The van der Waals surface area contributed by atoms with E-state index in [-0.39, 0.29) is 16.4 Å². The quantitative estimate of drug-likeness (QED) is 0.623. The van der Waals surface area contributed by atoms with Crippen LogP contribution in [0, 0.1) is 24.5 Å². The van der Waals surface area contributed by atoms with Gasteiger partial charge in [0.25, 0.3) is 0 Å². The Morgan fingerprint density at radius 1 is 1.17 bits per heavy atom. The monoisotopic (exact) mass is 434 g/mol. The predicted octanol–water partition coefficient (Wildman–Crippen LogP) is 4.58. The number of carbonyl (C=O) groups excluding carboxylic acids is 1. The van der Waals surface area contributed by atoms with E-state index in [2.05, 4.69) is 0 Å². The zero-order valence-electron chi connectivity index (χ0n) is 16.4. The number of ether oxygens (including phenoxy) is 2. The van der Waals surface area contributed by atoms with Crippen LogP contribution in [0.15, 0.2) is 41.3 Å². The van der Waals surface area contributed by atoms with Crippen molar-refractivity contribution in [2.24, 2.45) is 5.92 Å². The molecule has 1 aliphatic carbocycles. The van der Waals surface area contributed by atoms with Gasteiger partial charge in [-0.1, -0.05) is 6.07 Å². The lowest BCUT2D eigenvalue weighted by Crippen LogP contribution is -2.12. The van der Waals surface area contributed by atoms with Gasteiger partial charge in [0.2, 0.25) is 0 Å². The summed E-state index contributed by atoms with van der Waals surface area (Å²) in [5.41, 5.74) is 1.64. The minimum absolute atomic E-state index is 0.0139. The Bertz CT molecular complexity index is 1170. The maximum absolute atomic E-state index is 13.7. The Labute approximate surface area is 173 Å². The van der Waals surface area contributed by atoms with Crippen LogP contribution in [0.25, 0.3) is 0 Å². The molecule has 1 saturated carbocycles. The molecule has 30 heavy (non-hydrogen) atoms. The molecule has 0 radical (unpaired) electrons. The van der Waals surface area contributed by atoms with Crippen molar-refractivity contribution in [3.8, 4) is 11.5 Å². The fourth-order valence-corrected chi connectivity index (χ4v) is 4.82. The number of hydrogen-bond donors (Lipinski definition) is 0. The van der Waals surface area contributed by atoms with Crippen LogP contribution in [-0.2, 0) is 25.8 Å². The van der Waals surface area contributed by atoms with Crippen molar-refractivity contribution in [1.82, 2.24) is 0 Å². The molecule has 2 aliphatic rings. The first kappa shape index (κ1) is 20.5. The highest BCUT2D eigenvalue weighted by Crippen LogP contribution is 2.45. The lowest BCUT2D eigenvalue weighted by Gasteiger charge is -2.22. The zero-order chi connectivity index (χ0) is 21.6. The van der Waals surface area contributed by atoms with E-state index >= 15 is 0 Å². The number of esters is 1. The fraction of sp³-hybridized carbons (Fsp3) is 0.318. The van der Waals surface area contributed by atoms with Gasteiger partial charge in [0, 0.05) is 29.5 Å². The molecule has 4 rings (SSSR count). The second-order valence-electron chi connectivity index (χ2n) is 7.73. The smallest absolute Gasteiger partial charge is 0.331 e. The first-order chi connectivity index (χ1) is 14.1. The Morgan fingerprint density at radius 2 is 1.90 bits per heavy atom. The van der Waals surface area contributed by atoms with Crippen LogP contribution in [0.2, 0.25) is 0 Å². The van der Waals surface area contributed by atoms with Crippen molar-refractivity contribution in [2.75, 3.05) is 6.26 Å². The molecule has 2 aromatic rings. The molecular formula is C22H20F2O5S. The van der Waals surface area contributed by atoms with Gasteiger partial charge in [-0.15, -0.1) is 0 Å². The summed E-state index contributed by atoms with van der Waals surface area (Å²) in [5.74, 6) is -2.21. The fourth-order valence-electron chi connectivity index (χ4n) is 3.67. The van der Waals surface area contributed by atoms with Crippen LogP contribution in [0.3, 0.4) is 0 Å². The molecule has 0 N–H and O–H groups in total. The SMILES string of the molecule is Cc1cc(C2C=CC(=O)O2)c(CC2CC2)c(Oc2ccc(F)c(F)c2)c1S(C)(=O)=O. The molecule has 1 atom stereocenters. The van der Waals surface area contributed by atoms with E-state index in [1.165, 1.54) is 12.1 Å². The summed E-state index contributed by atoms with van der Waals surface area (Å²) in [6.45, 7) is 1.62. The van der Waals surface area contributed by atoms with E-state index in [4.69, 9.17) is 9.47 Å². The topological polar surface area (TPSA) is 69.7 Å². The molecule has 5 nitrogen and oxygen atoms in total. The van der Waals surface area contributed by atoms with Crippen LogP contribution in [0.5, 0.6) is 11.5 Å². The normalized spacial score (nSPS) is 18.5. The molecular weight excluding hydrogens is 414 g/mol. The van der Waals surface area contributed by atoms with Gasteiger partial charge >= 0.3 is 5.97 Å². The maximum atomic E-state index is 13.7. The van der Waals surface area contributed by atoms with Crippen LogP contribution < -0.4 is 4.74 Å². The van der Waals surface area contributed by atoms with Crippen LogP contribution in [0.4, 0.5) is 8.78 Å². The molecule has 0 bridgehead atoms. The Hall–Kier alpha value is -2.74. The minimum atomic E-state index is -3.71. The van der Waals surface area contributed by atoms with E-state index in [1.807, 2.05) is 0 Å². The highest BCUT2D eigenvalue weighted by atomic mass is 32.2. The van der Waals surface area contributed by atoms with E-state index in [0.717, 1.165) is 31.2 Å². The average Bonchev–Trinajstić information content (AvgIpc) is 3.37. The molecule has 0 amide bonds. The van der Waals surface area contributed by atoms with Gasteiger partial charge in [0.15, 0.2) is 21.5 Å². The number of cyclic esters (lactones) is 1. The summed E-state index contributed by atoms with van der Waals surface area (Å²) in [6.07, 6.45) is 5.85. The van der Waals surface area contributed by atoms with E-state index in [0.29, 0.717) is 29.0 Å². The summed E-state index contributed by atoms with van der Waals surface area (Å²) >= 11 is 0. The molecule has 0 aromatic heterocycles. The van der Waals surface area contributed by atoms with E-state index in [9.17, 15) is 22.0 Å². The number of sulfone groups is 1. The summed E-state index contributed by atoms with van der Waals surface area (Å²) in [5, 5.41) is 0. The third-order valence-electron chi connectivity index (χ3n) is 5.19. The van der Waals surface area contributed by atoms with Gasteiger partial charge in [-0.05, 0) is 55.9 Å². The molecule has 1 heterocycles. The Balaban J connectivity index is 1.92. The van der Waals surface area contributed by atoms with Crippen LogP contribution in [0.1, 0.15) is 35.6 Å². The standard InChI is InChI=1S/C22H20F2O5S/c1-12-9-15(19-7-8-20(25)29-19)16(10-13-3-4-13)21(22(12)30(2,26)27)28-14-5-6-17(23)18(24)11-14/h5-9,11,13,19H,3-4,10H2,1-2H3. The van der Waals surface area contributed by atoms with Crippen LogP contribution >= 0.6 is 0 Å². The Morgan fingerprint density at radius 3 is 2.47 bits per heavy atom. The molecule has 1 unspecified atom stereocenters. The highest BCUT2D eigenvalue weighted by molar-refractivity contribution is 7.90. The number of benzene rings is 2. The van der Waals surface area contributed by atoms with E-state index < -0.39 is 33.5 Å². The van der Waals surface area contributed by atoms with Gasteiger partial charge in [-0.25, -0.2) is 22.0 Å². The van der Waals surface area contributed by atoms with Crippen molar-refractivity contribution in [2.45, 2.75) is 37.2 Å². The summed E-state index contributed by atoms with van der Waals surface area (Å²) in [6, 6.07) is 4.73. The largest absolute Gasteiger partial charge is 0.456 e. The van der Waals surface area contributed by atoms with Gasteiger partial charge in [0.05, 0.1) is 0 Å². The number of carbonyl (C=O) groups is 1. The third-order valence-corrected chi connectivity index (χ3v) is 6.44. The van der Waals surface area contributed by atoms with Gasteiger partial charge in [-0.2, -0.15) is 0 Å². The highest BCUT2D eigenvalue weighted by Gasteiger charge is 2.33. The summed E-state index contributed by atoms with van der Waals surface area (Å²) in [7, 11) is -3.71. The predicted molar refractivity (Wildman–Crippen MR) is 105 cm³/mol. The number of halogens is 2. The van der Waals surface area contributed by atoms with E-state index in [1.54, 1.807) is 19.1 Å². The number of aryl methyl sites for hydroxylation is 1. The molecule has 1 fully saturated rings. The number of rotatable bonds is 6. The summed E-state index contributed by atoms with van der Waals surface area (Å²) < 4.78 is 63.6. The maximum Gasteiger partial charge on any atom is 0.331 e. The second-order valence-corrected chi connectivity index (χ2v) is 9.69. The Kier molecular flexibility index (Phi) is 5.13. The average molecular weight is 434 g/mol. The van der Waals surface area contributed by atoms with Crippen molar-refractivity contribution in [3.63, 3.8) is 0 Å². The lowest BCUT2D eigenvalue weighted by molar-refractivity contribution is -0.138.